The Bertz CT molecular complexity index is 746. The second-order valence-corrected chi connectivity index (χ2v) is 6.90. The summed E-state index contributed by atoms with van der Waals surface area (Å²) < 4.78 is 5.48. The first kappa shape index (κ1) is 13.7. The van der Waals surface area contributed by atoms with Crippen LogP contribution in [0.4, 0.5) is 0 Å². The molecule has 1 aliphatic heterocycles. The lowest BCUT2D eigenvalue weighted by Crippen LogP contribution is -2.21. The molecule has 3 aromatic heterocycles. The molecule has 0 unspecified atom stereocenters. The summed E-state index contributed by atoms with van der Waals surface area (Å²) in [7, 11) is 0. The number of likely N-dealkylation sites (tertiary alicyclic amines) is 1. The quantitative estimate of drug-likeness (QED) is 0.796. The molecule has 114 valence electrons. The number of aromatic amines is 1. The number of hydrogen-bond donors (Lipinski definition) is 1. The van der Waals surface area contributed by atoms with E-state index in [1.165, 1.54) is 16.2 Å². The Labute approximate surface area is 132 Å². The van der Waals surface area contributed by atoms with Gasteiger partial charge < -0.3 is 4.52 Å². The molecule has 4 heterocycles. The monoisotopic (exact) mass is 314 g/mol. The molecule has 22 heavy (non-hydrogen) atoms. The Balaban J connectivity index is 1.50. The van der Waals surface area contributed by atoms with E-state index >= 15 is 0 Å². The molecule has 1 atom stereocenters. The van der Waals surface area contributed by atoms with Crippen molar-refractivity contribution in [2.75, 3.05) is 6.54 Å². The van der Waals surface area contributed by atoms with E-state index in [1.807, 2.05) is 24.3 Å². The van der Waals surface area contributed by atoms with Crippen LogP contribution in [-0.4, -0.2) is 26.8 Å². The summed E-state index contributed by atoms with van der Waals surface area (Å²) in [5.74, 6) is 1.00. The Morgan fingerprint density at radius 1 is 1.41 bits per heavy atom. The average molecular weight is 314 g/mol. The second-order valence-electron chi connectivity index (χ2n) is 5.74. The molecule has 1 N–H and O–H groups in total. The van der Waals surface area contributed by atoms with Crippen LogP contribution in [0.25, 0.3) is 10.6 Å². The highest BCUT2D eigenvalue weighted by Crippen LogP contribution is 2.35. The number of rotatable bonds is 4. The van der Waals surface area contributed by atoms with Gasteiger partial charge in [-0.05, 0) is 44.5 Å². The summed E-state index contributed by atoms with van der Waals surface area (Å²) in [6.45, 7) is 4.05. The summed E-state index contributed by atoms with van der Waals surface area (Å²) in [5.41, 5.74) is 2.04. The van der Waals surface area contributed by atoms with Crippen molar-refractivity contribution in [1.82, 2.24) is 20.3 Å². The first-order valence-corrected chi connectivity index (χ1v) is 8.37. The van der Waals surface area contributed by atoms with Crippen molar-refractivity contribution in [3.8, 4) is 10.6 Å². The van der Waals surface area contributed by atoms with Crippen molar-refractivity contribution in [2.45, 2.75) is 32.4 Å². The van der Waals surface area contributed by atoms with Gasteiger partial charge in [0.25, 0.3) is 0 Å². The van der Waals surface area contributed by atoms with Gasteiger partial charge in [0.15, 0.2) is 5.76 Å². The number of aryl methyl sites for hydroxylation is 1. The molecule has 3 aromatic rings. The molecule has 5 nitrogen and oxygen atoms in total. The smallest absolute Gasteiger partial charge is 0.154 e. The van der Waals surface area contributed by atoms with E-state index in [0.29, 0.717) is 6.04 Å². The molecule has 0 saturated carbocycles. The van der Waals surface area contributed by atoms with E-state index in [0.717, 1.165) is 36.7 Å². The van der Waals surface area contributed by atoms with Crippen molar-refractivity contribution in [1.29, 1.82) is 0 Å². The molecule has 0 aromatic carbocycles. The van der Waals surface area contributed by atoms with Crippen LogP contribution in [0.2, 0.25) is 0 Å². The van der Waals surface area contributed by atoms with Gasteiger partial charge in [-0.3, -0.25) is 10.00 Å². The van der Waals surface area contributed by atoms with Gasteiger partial charge in [-0.25, -0.2) is 0 Å². The molecule has 0 aliphatic carbocycles. The van der Waals surface area contributed by atoms with Gasteiger partial charge >= 0.3 is 0 Å². The van der Waals surface area contributed by atoms with E-state index in [9.17, 15) is 0 Å². The number of nitrogens with one attached hydrogen (secondary N) is 1. The Morgan fingerprint density at radius 2 is 2.36 bits per heavy atom. The predicted octanol–water partition coefficient (Wildman–Crippen LogP) is 3.77. The first-order chi connectivity index (χ1) is 10.8. The fourth-order valence-electron chi connectivity index (χ4n) is 3.08. The number of nitrogens with zero attached hydrogens (tertiary/aromatic N) is 3. The highest BCUT2D eigenvalue weighted by molar-refractivity contribution is 7.15. The fourth-order valence-corrected chi connectivity index (χ4v) is 4.09. The van der Waals surface area contributed by atoms with Crippen LogP contribution in [0.3, 0.4) is 0 Å². The Hall–Kier alpha value is -1.92. The van der Waals surface area contributed by atoms with E-state index in [1.54, 1.807) is 6.20 Å². The largest absolute Gasteiger partial charge is 0.359 e. The van der Waals surface area contributed by atoms with Gasteiger partial charge in [0, 0.05) is 23.7 Å². The zero-order valence-corrected chi connectivity index (χ0v) is 13.3. The predicted molar refractivity (Wildman–Crippen MR) is 85.5 cm³/mol. The van der Waals surface area contributed by atoms with Crippen molar-refractivity contribution in [3.05, 3.63) is 46.8 Å². The summed E-state index contributed by atoms with van der Waals surface area (Å²) in [6.07, 6.45) is 4.15. The highest BCUT2D eigenvalue weighted by atomic mass is 32.1. The third kappa shape index (κ3) is 2.60. The van der Waals surface area contributed by atoms with E-state index in [2.05, 4.69) is 38.5 Å². The lowest BCUT2D eigenvalue weighted by molar-refractivity contribution is 0.208. The molecular formula is C16H18N4OS. The SMILES string of the molecule is Cc1cc([C@@H]2CCCN2Cc2ccc(-c3ccn[nH]3)s2)on1. The van der Waals surface area contributed by atoms with E-state index in [-0.39, 0.29) is 0 Å². The van der Waals surface area contributed by atoms with Crippen molar-refractivity contribution in [2.24, 2.45) is 0 Å². The highest BCUT2D eigenvalue weighted by Gasteiger charge is 2.29. The van der Waals surface area contributed by atoms with Crippen LogP contribution in [0.1, 0.15) is 35.2 Å². The summed E-state index contributed by atoms with van der Waals surface area (Å²) in [6, 6.07) is 8.80. The average Bonchev–Trinajstić information content (AvgIpc) is 3.26. The number of thiophene rings is 1. The van der Waals surface area contributed by atoms with Crippen LogP contribution in [0.5, 0.6) is 0 Å². The molecule has 4 rings (SSSR count). The number of H-pyrrole nitrogens is 1. The van der Waals surface area contributed by atoms with E-state index in [4.69, 9.17) is 4.52 Å². The Kier molecular flexibility index (Phi) is 3.56. The van der Waals surface area contributed by atoms with Gasteiger partial charge in [-0.1, -0.05) is 5.16 Å². The second kappa shape index (κ2) is 5.70. The number of hydrogen-bond acceptors (Lipinski definition) is 5. The molecule has 0 bridgehead atoms. The molecule has 0 amide bonds. The normalized spacial score (nSPS) is 19.0. The first-order valence-electron chi connectivity index (χ1n) is 7.55. The summed E-state index contributed by atoms with van der Waals surface area (Å²) in [5, 5.41) is 11.1. The maximum atomic E-state index is 5.48. The van der Waals surface area contributed by atoms with Gasteiger partial charge in [-0.15, -0.1) is 11.3 Å². The molecule has 1 fully saturated rings. The molecule has 6 heteroatoms. The van der Waals surface area contributed by atoms with Crippen LogP contribution in [0, 0.1) is 6.92 Å². The lowest BCUT2D eigenvalue weighted by atomic mass is 10.1. The topological polar surface area (TPSA) is 58.0 Å². The third-order valence-corrected chi connectivity index (χ3v) is 5.23. The number of aromatic nitrogens is 3. The zero-order valence-electron chi connectivity index (χ0n) is 12.5. The minimum absolute atomic E-state index is 0.360. The molecule has 0 spiro atoms. The van der Waals surface area contributed by atoms with Gasteiger partial charge in [0.05, 0.1) is 22.3 Å². The zero-order chi connectivity index (χ0) is 14.9. The van der Waals surface area contributed by atoms with E-state index < -0.39 is 0 Å². The van der Waals surface area contributed by atoms with Crippen molar-refractivity contribution >= 4 is 11.3 Å². The van der Waals surface area contributed by atoms with Crippen molar-refractivity contribution < 1.29 is 4.52 Å². The minimum Gasteiger partial charge on any atom is -0.359 e. The maximum Gasteiger partial charge on any atom is 0.154 e. The van der Waals surface area contributed by atoms with Crippen LogP contribution >= 0.6 is 11.3 Å². The summed E-state index contributed by atoms with van der Waals surface area (Å²) >= 11 is 1.82. The third-order valence-electron chi connectivity index (χ3n) is 4.13. The van der Waals surface area contributed by atoms with Crippen LogP contribution in [0.15, 0.2) is 35.0 Å². The maximum absolute atomic E-state index is 5.48. The van der Waals surface area contributed by atoms with Gasteiger partial charge in [-0.2, -0.15) is 5.10 Å². The summed E-state index contributed by atoms with van der Waals surface area (Å²) in [4.78, 5) is 5.09. The minimum atomic E-state index is 0.360. The van der Waals surface area contributed by atoms with Crippen LogP contribution in [-0.2, 0) is 6.54 Å². The standard InChI is InChI=1S/C16H18N4OS/c1-11-9-15(21-19-11)14-3-2-8-20(14)10-12-4-5-16(22-12)13-6-7-17-18-13/h4-7,9,14H,2-3,8,10H2,1H3,(H,17,18)/t14-/m0/s1. The molecule has 1 aliphatic rings. The van der Waals surface area contributed by atoms with Crippen molar-refractivity contribution in [3.63, 3.8) is 0 Å². The lowest BCUT2D eigenvalue weighted by Gasteiger charge is -2.21. The Morgan fingerprint density at radius 3 is 3.14 bits per heavy atom. The molecule has 1 saturated heterocycles. The molecule has 0 radical (unpaired) electrons. The molecular weight excluding hydrogens is 296 g/mol. The van der Waals surface area contributed by atoms with Gasteiger partial charge in [0.2, 0.25) is 0 Å². The van der Waals surface area contributed by atoms with Gasteiger partial charge in [0.1, 0.15) is 0 Å². The van der Waals surface area contributed by atoms with Crippen LogP contribution < -0.4 is 0 Å². The fraction of sp³-hybridized carbons (Fsp3) is 0.375.